The summed E-state index contributed by atoms with van der Waals surface area (Å²) in [5.74, 6) is -0.794. The summed E-state index contributed by atoms with van der Waals surface area (Å²) in [5, 5.41) is 11.5. The minimum Gasteiger partial charge on any atom is -0.481 e. The first-order chi connectivity index (χ1) is 32.9. The smallest absolute Gasteiger partial charge is 0.303 e. The number of fused-ring (bicyclic) bond motifs is 8. The molecule has 1 aliphatic heterocycles. The maximum absolute atomic E-state index is 12.1. The van der Waals surface area contributed by atoms with Gasteiger partial charge in [0.05, 0.1) is 14.7 Å². The Bertz CT molecular complexity index is 3870. The number of carboxylic acids is 1. The molecule has 8 aromatic rings. The molecule has 15 nitrogen and oxygen atoms in total. The summed E-state index contributed by atoms with van der Waals surface area (Å²) >= 11 is 0. The highest BCUT2D eigenvalue weighted by molar-refractivity contribution is 7.86. The van der Waals surface area contributed by atoms with Crippen LogP contribution < -0.4 is 21.4 Å². The summed E-state index contributed by atoms with van der Waals surface area (Å²) < 4.78 is 102. The number of aryl methyl sites for hydroxylation is 1. The zero-order valence-electron chi connectivity index (χ0n) is 36.5. The highest BCUT2D eigenvalue weighted by Gasteiger charge is 2.21. The van der Waals surface area contributed by atoms with Gasteiger partial charge < -0.3 is 25.0 Å². The Hall–Kier alpha value is -7.32. The molecule has 0 unspecified atom stereocenters. The molecule has 1 aliphatic rings. The first-order valence-electron chi connectivity index (χ1n) is 21.7. The third kappa shape index (κ3) is 10.1. The number of aromatic amines is 4. The zero-order chi connectivity index (χ0) is 48.7. The van der Waals surface area contributed by atoms with Crippen molar-refractivity contribution in [3.63, 3.8) is 0 Å². The van der Waals surface area contributed by atoms with Gasteiger partial charge in [-0.05, 0) is 132 Å². The van der Waals surface area contributed by atoms with Crippen molar-refractivity contribution in [2.75, 3.05) is 0 Å². The molecule has 0 saturated heterocycles. The predicted molar refractivity (Wildman–Crippen MR) is 258 cm³/mol. The molecule has 69 heavy (non-hydrogen) atoms. The Balaban J connectivity index is 1.30. The third-order valence-electron chi connectivity index (χ3n) is 12.1. The molecule has 9 rings (SSSR count). The number of H-pyrrole nitrogens is 4. The van der Waals surface area contributed by atoms with Gasteiger partial charge in [0.2, 0.25) is 0 Å². The van der Waals surface area contributed by atoms with Gasteiger partial charge in [0.1, 0.15) is 0 Å². The fraction of sp³-hybridized carbons (Fsp3) is 0.118. The molecule has 352 valence electrons. The van der Waals surface area contributed by atoms with Crippen LogP contribution in [0.2, 0.25) is 0 Å². The van der Waals surface area contributed by atoms with Crippen LogP contribution in [0.4, 0.5) is 0 Å². The van der Waals surface area contributed by atoms with Crippen molar-refractivity contribution in [3.8, 4) is 0 Å². The van der Waals surface area contributed by atoms with Crippen LogP contribution in [0, 0.1) is 0 Å². The standard InChI is InChI=1S/C51H44N4O11S3/c56-47(57)6-4-2-1-3-5-31-7-9-32(10-8-31)48-39-23-25-41(52-39)49(33-11-17-36(18-12-33)67(58,59)60)43-27-29-45(54-43)51(35-15-21-38(22-16-35)69(64,65)66)46-30-28-44(55-46)50(42-26-24-40(48)53-42)34-13-19-37(20-14-34)68(61,62)63/h7-30,52-55H,1-6H2,(H,56,57)(H,58,59,60)(H,61,62,63)(H,64,65,66). The maximum atomic E-state index is 12.1. The van der Waals surface area contributed by atoms with Gasteiger partial charge in [-0.25, -0.2) is 0 Å². The van der Waals surface area contributed by atoms with E-state index < -0.39 is 36.3 Å². The lowest BCUT2D eigenvalue weighted by Gasteiger charge is -2.11. The van der Waals surface area contributed by atoms with Crippen LogP contribution in [-0.4, -0.2) is 69.9 Å². The van der Waals surface area contributed by atoms with Crippen LogP contribution in [0.1, 0.15) is 82.7 Å². The fourth-order valence-electron chi connectivity index (χ4n) is 8.75. The van der Waals surface area contributed by atoms with Crippen LogP contribution >= 0.6 is 0 Å². The van der Waals surface area contributed by atoms with Crippen molar-refractivity contribution in [2.45, 2.75) is 53.2 Å². The van der Waals surface area contributed by atoms with E-state index in [9.17, 15) is 43.7 Å². The van der Waals surface area contributed by atoms with Crippen LogP contribution in [-0.2, 0) is 41.6 Å². The Kier molecular flexibility index (Phi) is 12.6. The van der Waals surface area contributed by atoms with Crippen LogP contribution in [0.3, 0.4) is 0 Å². The Labute approximate surface area is 396 Å². The van der Waals surface area contributed by atoms with Gasteiger partial charge in [0.25, 0.3) is 30.4 Å². The monoisotopic (exact) mass is 984 g/mol. The summed E-state index contributed by atoms with van der Waals surface area (Å²) in [5.41, 5.74) is 8.96. The lowest BCUT2D eigenvalue weighted by Crippen LogP contribution is -2.19. The molecule has 0 fully saturated rings. The molecule has 0 atom stereocenters. The van der Waals surface area contributed by atoms with Gasteiger partial charge in [-0.2, -0.15) is 25.3 Å². The number of carbonyl (C=O) groups is 1. The summed E-state index contributed by atoms with van der Waals surface area (Å²) in [6.07, 6.45) is 4.26. The highest BCUT2D eigenvalue weighted by atomic mass is 32.2. The van der Waals surface area contributed by atoms with Crippen molar-refractivity contribution in [2.24, 2.45) is 0 Å². The average Bonchev–Trinajstić information content (AvgIpc) is 4.16. The minimum absolute atomic E-state index is 0.157. The molecular formula is C51H44N4O11S3. The predicted octanol–water partition coefficient (Wildman–Crippen LogP) is 5.62. The molecule has 0 radical (unpaired) electrons. The van der Waals surface area contributed by atoms with Crippen molar-refractivity contribution in [1.82, 2.24) is 19.9 Å². The number of benzene rings is 4. The Morgan fingerprint density at radius 3 is 0.942 bits per heavy atom. The summed E-state index contributed by atoms with van der Waals surface area (Å²) in [6, 6.07) is 40.7. The molecule has 0 aliphatic carbocycles. The van der Waals surface area contributed by atoms with E-state index in [1.165, 1.54) is 36.4 Å². The molecule has 0 saturated carbocycles. The number of hydrogen-bond donors (Lipinski definition) is 8. The van der Waals surface area contributed by atoms with Crippen LogP contribution in [0.15, 0.2) is 160 Å². The van der Waals surface area contributed by atoms with Crippen molar-refractivity contribution in [3.05, 3.63) is 218 Å². The molecule has 18 heteroatoms. The van der Waals surface area contributed by atoms with Gasteiger partial charge in [0.15, 0.2) is 0 Å². The third-order valence-corrected chi connectivity index (χ3v) is 14.7. The van der Waals surface area contributed by atoms with Crippen molar-refractivity contribution in [1.29, 1.82) is 0 Å². The second-order valence-electron chi connectivity index (χ2n) is 16.6. The summed E-state index contributed by atoms with van der Waals surface area (Å²) in [4.78, 5) is 24.5. The van der Waals surface area contributed by atoms with E-state index in [-0.39, 0.29) is 21.1 Å². The number of aromatic nitrogens is 4. The molecule has 8 N–H and O–H groups in total. The van der Waals surface area contributed by atoms with Gasteiger partial charge in [-0.1, -0.05) is 73.5 Å². The van der Waals surface area contributed by atoms with E-state index in [0.717, 1.165) is 42.4 Å². The van der Waals surface area contributed by atoms with E-state index in [2.05, 4.69) is 32.1 Å². The first kappa shape index (κ1) is 46.8. The SMILES string of the molecule is O=C(O)CCCCCCc1ccc(C2=c3ccc([nH]3)=C(c3ccc(S(=O)(=O)O)cc3)c3ccc([nH]3)C(c3ccc(S(=O)(=O)O)cc3)=c3ccc([nH]3)=C(c3ccc(S(=O)(=O)O)cc3)c3ccc2[nH]3)cc1. The quantitative estimate of drug-likeness (QED) is 0.0490. The second-order valence-corrected chi connectivity index (χ2v) is 20.9. The molecule has 0 amide bonds. The lowest BCUT2D eigenvalue weighted by molar-refractivity contribution is -0.137. The number of nitrogens with one attached hydrogen (secondary N) is 4. The Morgan fingerprint density at radius 2 is 0.652 bits per heavy atom. The van der Waals surface area contributed by atoms with Crippen LogP contribution in [0.5, 0.6) is 0 Å². The molecule has 4 aromatic heterocycles. The molecule has 5 heterocycles. The van der Waals surface area contributed by atoms with E-state index in [1.807, 2.05) is 60.7 Å². The highest BCUT2D eigenvalue weighted by Crippen LogP contribution is 2.29. The second kappa shape index (κ2) is 18.6. The van der Waals surface area contributed by atoms with Gasteiger partial charge in [-0.15, -0.1) is 0 Å². The number of aliphatic carboxylic acids is 1. The zero-order valence-corrected chi connectivity index (χ0v) is 38.9. The molecule has 8 bridgehead atoms. The number of carboxylic acid groups (broad SMARTS) is 1. The van der Waals surface area contributed by atoms with E-state index >= 15 is 0 Å². The topological polar surface area (TPSA) is 264 Å². The maximum Gasteiger partial charge on any atom is 0.303 e. The van der Waals surface area contributed by atoms with Gasteiger partial charge in [-0.3, -0.25) is 18.5 Å². The van der Waals surface area contributed by atoms with Gasteiger partial charge in [0, 0.05) is 72.9 Å². The van der Waals surface area contributed by atoms with Gasteiger partial charge >= 0.3 is 5.97 Å². The number of rotatable bonds is 14. The lowest BCUT2D eigenvalue weighted by atomic mass is 9.99. The largest absolute Gasteiger partial charge is 0.481 e. The van der Waals surface area contributed by atoms with E-state index in [4.69, 9.17) is 5.11 Å². The summed E-state index contributed by atoms with van der Waals surface area (Å²) in [7, 11) is -13.5. The Morgan fingerprint density at radius 1 is 0.362 bits per heavy atom. The summed E-state index contributed by atoms with van der Waals surface area (Å²) in [6.45, 7) is 0. The molecule has 4 aromatic carbocycles. The first-order valence-corrected chi connectivity index (χ1v) is 26.0. The number of unbranched alkanes of at least 4 members (excludes halogenated alkanes) is 3. The molecule has 0 spiro atoms. The average molecular weight is 985 g/mol. The van der Waals surface area contributed by atoms with Crippen molar-refractivity contribution >= 4 is 58.6 Å². The number of hydrogen-bond acceptors (Lipinski definition) is 7. The fourth-order valence-corrected chi connectivity index (χ4v) is 10.2. The van der Waals surface area contributed by atoms with E-state index in [1.54, 1.807) is 36.4 Å². The molecular weight excluding hydrogens is 941 g/mol. The van der Waals surface area contributed by atoms with Crippen molar-refractivity contribution < 1.29 is 48.8 Å². The van der Waals surface area contributed by atoms with Crippen LogP contribution in [0.25, 0.3) is 22.3 Å². The van der Waals surface area contributed by atoms with E-state index in [0.29, 0.717) is 84.0 Å². The normalized spacial score (nSPS) is 13.3. The minimum atomic E-state index is -4.52.